The van der Waals surface area contributed by atoms with Crippen molar-refractivity contribution in [2.24, 2.45) is 0 Å². The monoisotopic (exact) mass is 510 g/mol. The van der Waals surface area contributed by atoms with E-state index in [1.807, 2.05) is 37.3 Å². The van der Waals surface area contributed by atoms with Gasteiger partial charge in [0.25, 0.3) is 11.8 Å². The van der Waals surface area contributed by atoms with Crippen LogP contribution in [0.15, 0.2) is 97.1 Å². The van der Waals surface area contributed by atoms with Crippen molar-refractivity contribution in [2.45, 2.75) is 19.0 Å². The minimum Gasteiger partial charge on any atom is -0.479 e. The number of aliphatic carboxylic acids is 1. The van der Waals surface area contributed by atoms with Gasteiger partial charge in [-0.05, 0) is 53.4 Å². The second-order valence-corrected chi connectivity index (χ2v) is 9.37. The number of halogens is 1. The number of rotatable bonds is 5. The number of aryl methyl sites for hydroxylation is 1. The molecule has 1 heterocycles. The third-order valence-electron chi connectivity index (χ3n) is 6.43. The van der Waals surface area contributed by atoms with Crippen LogP contribution in [-0.2, 0) is 9.59 Å². The second kappa shape index (κ2) is 9.91. The van der Waals surface area contributed by atoms with Crippen molar-refractivity contribution in [1.82, 2.24) is 4.90 Å². The highest BCUT2D eigenvalue weighted by molar-refractivity contribution is 6.30. The highest BCUT2D eigenvalue weighted by Crippen LogP contribution is 2.39. The van der Waals surface area contributed by atoms with Crippen LogP contribution in [0.4, 0.5) is 5.69 Å². The minimum absolute atomic E-state index is 0.214. The van der Waals surface area contributed by atoms with Crippen LogP contribution >= 0.6 is 11.6 Å². The Labute approximate surface area is 219 Å². The number of carboxylic acids is 1. The van der Waals surface area contributed by atoms with Crippen LogP contribution in [0.2, 0.25) is 5.02 Å². The Kier molecular flexibility index (Phi) is 6.51. The Morgan fingerprint density at radius 3 is 2.27 bits per heavy atom. The van der Waals surface area contributed by atoms with Crippen LogP contribution in [0, 0.1) is 6.92 Å². The molecule has 4 aromatic carbocycles. The number of hydrogen-bond acceptors (Lipinski definition) is 3. The maximum atomic E-state index is 14.2. The van der Waals surface area contributed by atoms with Crippen LogP contribution in [-0.4, -0.2) is 27.8 Å². The van der Waals surface area contributed by atoms with Gasteiger partial charge in [-0.25, -0.2) is 4.79 Å². The SMILES string of the molecule is Cc1cccc(-c2ccc3c(c2)C(=O)N(C(C(=O)O)c2ccccc2)C(c2ccc(Cl)cc2)C(=O)N3)c1. The van der Waals surface area contributed by atoms with Gasteiger partial charge in [0.2, 0.25) is 0 Å². The van der Waals surface area contributed by atoms with Gasteiger partial charge >= 0.3 is 5.97 Å². The largest absolute Gasteiger partial charge is 0.479 e. The quantitative estimate of drug-likeness (QED) is 0.331. The van der Waals surface area contributed by atoms with E-state index in [0.717, 1.165) is 21.6 Å². The predicted molar refractivity (Wildman–Crippen MR) is 142 cm³/mol. The van der Waals surface area contributed by atoms with Crippen LogP contribution in [0.25, 0.3) is 11.1 Å². The maximum Gasteiger partial charge on any atom is 0.331 e. The molecule has 0 saturated carbocycles. The first-order valence-electron chi connectivity index (χ1n) is 11.7. The highest BCUT2D eigenvalue weighted by atomic mass is 35.5. The van der Waals surface area contributed by atoms with Crippen LogP contribution in [0.5, 0.6) is 0 Å². The van der Waals surface area contributed by atoms with Crippen LogP contribution in [0.1, 0.15) is 39.1 Å². The number of amides is 2. The van der Waals surface area contributed by atoms with E-state index in [-0.39, 0.29) is 5.56 Å². The number of carboxylic acid groups (broad SMARTS) is 1. The molecule has 0 spiro atoms. The molecule has 4 aromatic rings. The number of fused-ring (bicyclic) bond motifs is 1. The van der Waals surface area contributed by atoms with Gasteiger partial charge < -0.3 is 15.3 Å². The summed E-state index contributed by atoms with van der Waals surface area (Å²) < 4.78 is 0. The zero-order valence-electron chi connectivity index (χ0n) is 19.9. The summed E-state index contributed by atoms with van der Waals surface area (Å²) in [5, 5.41) is 13.7. The summed E-state index contributed by atoms with van der Waals surface area (Å²) >= 11 is 6.08. The predicted octanol–water partition coefficient (Wildman–Crippen LogP) is 6.28. The maximum absolute atomic E-state index is 14.2. The molecule has 2 atom stereocenters. The standard InChI is InChI=1S/C30H23ClN2O4/c1-18-6-5-9-21(16-18)22-12-15-25-24(17-22)29(35)33(27(30(36)37)19-7-3-2-4-8-19)26(28(34)32-25)20-10-13-23(31)14-11-20/h2-17,26-27H,1H3,(H,32,34)(H,36,37). The molecule has 2 unspecified atom stereocenters. The van der Waals surface area contributed by atoms with E-state index in [4.69, 9.17) is 11.6 Å². The molecule has 0 saturated heterocycles. The van der Waals surface area contributed by atoms with Gasteiger partial charge in [0.05, 0.1) is 11.3 Å². The lowest BCUT2D eigenvalue weighted by Crippen LogP contribution is -2.44. The van der Waals surface area contributed by atoms with Gasteiger partial charge in [-0.2, -0.15) is 0 Å². The van der Waals surface area contributed by atoms with Gasteiger partial charge in [0.1, 0.15) is 6.04 Å². The molecule has 0 radical (unpaired) electrons. The molecule has 0 fully saturated rings. The van der Waals surface area contributed by atoms with Crippen molar-refractivity contribution in [3.8, 4) is 11.1 Å². The summed E-state index contributed by atoms with van der Waals surface area (Å²) in [5.41, 5.74) is 4.12. The molecule has 1 aliphatic heterocycles. The molecule has 1 aliphatic rings. The van der Waals surface area contributed by atoms with Gasteiger partial charge in [0, 0.05) is 5.02 Å². The summed E-state index contributed by atoms with van der Waals surface area (Å²) in [5.74, 6) is -2.33. The van der Waals surface area contributed by atoms with Crippen LogP contribution < -0.4 is 5.32 Å². The lowest BCUT2D eigenvalue weighted by Gasteiger charge is -2.34. The number of carbonyl (C=O) groups excluding carboxylic acids is 2. The number of nitrogens with zero attached hydrogens (tertiary/aromatic N) is 1. The molecular weight excluding hydrogens is 488 g/mol. The van der Waals surface area contributed by atoms with Gasteiger partial charge in [0.15, 0.2) is 6.04 Å². The molecule has 6 nitrogen and oxygen atoms in total. The lowest BCUT2D eigenvalue weighted by atomic mass is 9.96. The van der Waals surface area contributed by atoms with E-state index >= 15 is 0 Å². The van der Waals surface area contributed by atoms with Crippen LogP contribution in [0.3, 0.4) is 0 Å². The normalized spacial score (nSPS) is 15.9. The first kappa shape index (κ1) is 24.3. The third kappa shape index (κ3) is 4.71. The molecule has 184 valence electrons. The molecule has 0 aliphatic carbocycles. The van der Waals surface area contributed by atoms with E-state index in [1.54, 1.807) is 66.7 Å². The molecule has 2 N–H and O–H groups in total. The van der Waals surface area contributed by atoms with Gasteiger partial charge in [-0.1, -0.05) is 90.0 Å². The number of benzene rings is 4. The van der Waals surface area contributed by atoms with Crippen molar-refractivity contribution >= 4 is 35.1 Å². The van der Waals surface area contributed by atoms with Crippen molar-refractivity contribution < 1.29 is 19.5 Å². The summed E-state index contributed by atoms with van der Waals surface area (Å²) in [6.07, 6.45) is 0. The van der Waals surface area contributed by atoms with E-state index < -0.39 is 29.9 Å². The molecule has 37 heavy (non-hydrogen) atoms. The molecule has 0 aromatic heterocycles. The number of anilines is 1. The smallest absolute Gasteiger partial charge is 0.331 e. The fourth-order valence-corrected chi connectivity index (χ4v) is 4.82. The Bertz CT molecular complexity index is 1500. The van der Waals surface area contributed by atoms with Crippen molar-refractivity contribution in [2.75, 3.05) is 5.32 Å². The average molecular weight is 511 g/mol. The molecular formula is C30H23ClN2O4. The molecule has 5 rings (SSSR count). The number of hydrogen-bond donors (Lipinski definition) is 2. The van der Waals surface area contributed by atoms with E-state index in [2.05, 4.69) is 5.32 Å². The van der Waals surface area contributed by atoms with Crippen molar-refractivity contribution in [3.63, 3.8) is 0 Å². The van der Waals surface area contributed by atoms with Crippen molar-refractivity contribution in [3.05, 3.63) is 124 Å². The Morgan fingerprint density at radius 2 is 1.59 bits per heavy atom. The Balaban J connectivity index is 1.71. The topological polar surface area (TPSA) is 86.7 Å². The first-order valence-corrected chi connectivity index (χ1v) is 12.1. The fourth-order valence-electron chi connectivity index (χ4n) is 4.70. The number of nitrogens with one attached hydrogen (secondary N) is 1. The second-order valence-electron chi connectivity index (χ2n) is 8.94. The highest BCUT2D eigenvalue weighted by Gasteiger charge is 2.43. The Morgan fingerprint density at radius 1 is 0.892 bits per heavy atom. The molecule has 0 bridgehead atoms. The van der Waals surface area contributed by atoms with E-state index in [0.29, 0.717) is 21.8 Å². The zero-order valence-corrected chi connectivity index (χ0v) is 20.6. The van der Waals surface area contributed by atoms with Crippen molar-refractivity contribution in [1.29, 1.82) is 0 Å². The van der Waals surface area contributed by atoms with Gasteiger partial charge in [-0.3, -0.25) is 9.59 Å². The van der Waals surface area contributed by atoms with E-state index in [9.17, 15) is 19.5 Å². The van der Waals surface area contributed by atoms with Gasteiger partial charge in [-0.15, -0.1) is 0 Å². The first-order chi connectivity index (χ1) is 17.8. The summed E-state index contributed by atoms with van der Waals surface area (Å²) in [6.45, 7) is 1.98. The molecule has 7 heteroatoms. The lowest BCUT2D eigenvalue weighted by molar-refractivity contribution is -0.144. The average Bonchev–Trinajstić information content (AvgIpc) is 2.99. The Hall–Kier alpha value is -4.42. The zero-order chi connectivity index (χ0) is 26.1. The van der Waals surface area contributed by atoms with E-state index in [1.165, 1.54) is 0 Å². The summed E-state index contributed by atoms with van der Waals surface area (Å²) in [6, 6.07) is 25.4. The fraction of sp³-hybridized carbons (Fsp3) is 0.100. The summed E-state index contributed by atoms with van der Waals surface area (Å²) in [4.78, 5) is 41.7. The minimum atomic E-state index is -1.41. The third-order valence-corrected chi connectivity index (χ3v) is 6.69. The summed E-state index contributed by atoms with van der Waals surface area (Å²) in [7, 11) is 0. The molecule has 2 amide bonds. The number of carbonyl (C=O) groups is 3.